The molecule has 0 bridgehead atoms. The Morgan fingerprint density at radius 1 is 0.313 bits per heavy atom. The number of rotatable bonds is 52. The van der Waals surface area contributed by atoms with E-state index in [4.69, 9.17) is 14.2 Å². The predicted molar refractivity (Wildman–Crippen MR) is 288 cm³/mol. The normalized spacial score (nSPS) is 12.5. The minimum atomic E-state index is -0.787. The zero-order valence-corrected chi connectivity index (χ0v) is 44.4. The molecule has 0 aliphatic carbocycles. The van der Waals surface area contributed by atoms with Crippen LogP contribution in [-0.2, 0) is 28.6 Å². The zero-order chi connectivity index (χ0) is 48.6. The molecule has 1 atom stereocenters. The van der Waals surface area contributed by atoms with Crippen molar-refractivity contribution in [2.45, 2.75) is 297 Å². The van der Waals surface area contributed by atoms with Crippen molar-refractivity contribution in [1.82, 2.24) is 0 Å². The van der Waals surface area contributed by atoms with Gasteiger partial charge in [-0.3, -0.25) is 14.4 Å². The molecule has 0 aromatic carbocycles. The second-order valence-electron chi connectivity index (χ2n) is 19.2. The average Bonchev–Trinajstić information content (AvgIpc) is 3.33. The van der Waals surface area contributed by atoms with Gasteiger partial charge in [-0.25, -0.2) is 0 Å². The highest BCUT2D eigenvalue weighted by Crippen LogP contribution is 2.16. The molecule has 0 radical (unpaired) electrons. The Kier molecular flexibility index (Phi) is 53.3. The molecule has 0 fully saturated rings. The number of ether oxygens (including phenoxy) is 3. The third-order valence-corrected chi connectivity index (χ3v) is 12.5. The molecule has 67 heavy (non-hydrogen) atoms. The van der Waals surface area contributed by atoms with E-state index in [1.165, 1.54) is 135 Å². The summed E-state index contributed by atoms with van der Waals surface area (Å²) in [5.74, 6) is -0.904. The van der Waals surface area contributed by atoms with Crippen LogP contribution in [0.15, 0.2) is 60.8 Å². The third kappa shape index (κ3) is 53.9. The van der Waals surface area contributed by atoms with E-state index in [1.807, 2.05) is 0 Å². The lowest BCUT2D eigenvalue weighted by molar-refractivity contribution is -0.167. The Labute approximate surface area is 415 Å². The van der Waals surface area contributed by atoms with Crippen LogP contribution in [0.1, 0.15) is 290 Å². The van der Waals surface area contributed by atoms with Crippen LogP contribution in [0.5, 0.6) is 0 Å². The van der Waals surface area contributed by atoms with Gasteiger partial charge in [0.05, 0.1) is 0 Å². The number of unbranched alkanes of at least 4 members (excludes halogenated alkanes) is 31. The lowest BCUT2D eigenvalue weighted by Gasteiger charge is -2.18. The summed E-state index contributed by atoms with van der Waals surface area (Å²) in [5, 5.41) is 0. The fourth-order valence-corrected chi connectivity index (χ4v) is 8.18. The van der Waals surface area contributed by atoms with Crippen molar-refractivity contribution in [3.8, 4) is 0 Å². The van der Waals surface area contributed by atoms with Crippen molar-refractivity contribution in [2.75, 3.05) is 13.2 Å². The summed E-state index contributed by atoms with van der Waals surface area (Å²) in [6.45, 7) is 6.49. The molecule has 0 aromatic rings. The van der Waals surface area contributed by atoms with Crippen LogP contribution in [-0.4, -0.2) is 37.2 Å². The fourth-order valence-electron chi connectivity index (χ4n) is 8.18. The number of carbonyl (C=O) groups is 3. The smallest absolute Gasteiger partial charge is 0.306 e. The van der Waals surface area contributed by atoms with E-state index < -0.39 is 6.10 Å². The van der Waals surface area contributed by atoms with E-state index >= 15 is 0 Å². The van der Waals surface area contributed by atoms with Crippen LogP contribution in [0.25, 0.3) is 0 Å². The van der Waals surface area contributed by atoms with Gasteiger partial charge in [0.25, 0.3) is 0 Å². The maximum absolute atomic E-state index is 12.8. The highest BCUT2D eigenvalue weighted by Gasteiger charge is 2.19. The molecular formula is C61H108O6. The molecule has 6 nitrogen and oxygen atoms in total. The quantitative estimate of drug-likeness (QED) is 0.0262. The summed E-state index contributed by atoms with van der Waals surface area (Å²) in [6.07, 6.45) is 69.3. The Balaban J connectivity index is 4.35. The van der Waals surface area contributed by atoms with Gasteiger partial charge >= 0.3 is 17.9 Å². The summed E-state index contributed by atoms with van der Waals surface area (Å²) in [5.41, 5.74) is 0. The fraction of sp³-hybridized carbons (Fsp3) is 0.787. The second-order valence-corrected chi connectivity index (χ2v) is 19.2. The molecule has 0 saturated carbocycles. The number of esters is 3. The topological polar surface area (TPSA) is 78.9 Å². The molecular weight excluding hydrogens is 829 g/mol. The number of carbonyl (C=O) groups excluding carboxylic acids is 3. The Morgan fingerprint density at radius 2 is 0.597 bits per heavy atom. The van der Waals surface area contributed by atoms with Crippen molar-refractivity contribution in [3.05, 3.63) is 60.8 Å². The van der Waals surface area contributed by atoms with Crippen LogP contribution in [0, 0.1) is 0 Å². The molecule has 6 heteroatoms. The van der Waals surface area contributed by atoms with Gasteiger partial charge in [-0.15, -0.1) is 0 Å². The standard InChI is InChI=1S/C61H108O6/c1-4-7-10-13-16-19-22-25-28-29-30-31-32-34-36-39-42-45-48-51-54-60(63)66-57-58(56-65-59(62)53-50-47-44-41-38-35-27-24-21-18-15-12-9-6-3)67-61(64)55-52-49-46-43-40-37-33-26-23-20-17-14-11-8-5-2/h8,11,15,17-18,20,24,26-27,33,58H,4-7,9-10,12-14,16,19,21-23,25,28-32,34-57H2,1-3H3/b11-8-,18-15-,20-17-,27-24-,33-26-. The minimum Gasteiger partial charge on any atom is -0.462 e. The summed E-state index contributed by atoms with van der Waals surface area (Å²) >= 11 is 0. The maximum atomic E-state index is 12.8. The van der Waals surface area contributed by atoms with Crippen LogP contribution in [0.2, 0.25) is 0 Å². The molecule has 0 aliphatic rings. The van der Waals surface area contributed by atoms with E-state index in [1.54, 1.807) is 0 Å². The first-order valence-corrected chi connectivity index (χ1v) is 28.8. The summed E-state index contributed by atoms with van der Waals surface area (Å²) in [6, 6.07) is 0. The highest BCUT2D eigenvalue weighted by atomic mass is 16.6. The van der Waals surface area contributed by atoms with Crippen molar-refractivity contribution in [3.63, 3.8) is 0 Å². The largest absolute Gasteiger partial charge is 0.462 e. The molecule has 0 saturated heterocycles. The molecule has 388 valence electrons. The minimum absolute atomic E-state index is 0.0835. The van der Waals surface area contributed by atoms with E-state index in [0.717, 1.165) is 116 Å². The zero-order valence-electron chi connectivity index (χ0n) is 44.4. The average molecular weight is 938 g/mol. The van der Waals surface area contributed by atoms with Gasteiger partial charge in [0.2, 0.25) is 0 Å². The number of hydrogen-bond acceptors (Lipinski definition) is 6. The van der Waals surface area contributed by atoms with Crippen LogP contribution >= 0.6 is 0 Å². The molecule has 0 aromatic heterocycles. The molecule has 0 N–H and O–H groups in total. The molecule has 0 rings (SSSR count). The molecule has 0 heterocycles. The first kappa shape index (κ1) is 64.1. The van der Waals surface area contributed by atoms with Crippen LogP contribution in [0.4, 0.5) is 0 Å². The van der Waals surface area contributed by atoms with E-state index in [9.17, 15) is 14.4 Å². The van der Waals surface area contributed by atoms with Crippen molar-refractivity contribution in [1.29, 1.82) is 0 Å². The third-order valence-electron chi connectivity index (χ3n) is 12.5. The van der Waals surface area contributed by atoms with Crippen LogP contribution < -0.4 is 0 Å². The van der Waals surface area contributed by atoms with Gasteiger partial charge in [-0.1, -0.05) is 255 Å². The maximum Gasteiger partial charge on any atom is 0.306 e. The molecule has 0 spiro atoms. The van der Waals surface area contributed by atoms with Gasteiger partial charge in [-0.05, 0) is 77.0 Å². The predicted octanol–water partition coefficient (Wildman–Crippen LogP) is 19.2. The lowest BCUT2D eigenvalue weighted by Crippen LogP contribution is -2.30. The van der Waals surface area contributed by atoms with Gasteiger partial charge < -0.3 is 14.2 Å². The van der Waals surface area contributed by atoms with Crippen molar-refractivity contribution >= 4 is 17.9 Å². The summed E-state index contributed by atoms with van der Waals surface area (Å²) < 4.78 is 16.8. The van der Waals surface area contributed by atoms with Crippen LogP contribution in [0.3, 0.4) is 0 Å². The SMILES string of the molecule is CC/C=C\C/C=C\C/C=C\CCCCCCCC(=O)OC(COC(=O)CCCCCCC/C=C\C/C=C\CCCC)COC(=O)CCCCCCCCCCCCCCCCCCCCCC. The Morgan fingerprint density at radius 3 is 0.955 bits per heavy atom. The van der Waals surface area contributed by atoms with Crippen molar-refractivity contribution < 1.29 is 28.6 Å². The second kappa shape index (κ2) is 55.7. The number of allylic oxidation sites excluding steroid dienone is 10. The molecule has 1 unspecified atom stereocenters. The van der Waals surface area contributed by atoms with Crippen molar-refractivity contribution in [2.24, 2.45) is 0 Å². The van der Waals surface area contributed by atoms with E-state index in [-0.39, 0.29) is 31.1 Å². The monoisotopic (exact) mass is 937 g/mol. The molecule has 0 aliphatic heterocycles. The molecule has 0 amide bonds. The Hall–Kier alpha value is -2.89. The first-order valence-electron chi connectivity index (χ1n) is 28.8. The van der Waals surface area contributed by atoms with Gasteiger partial charge in [0.15, 0.2) is 6.10 Å². The number of hydrogen-bond donors (Lipinski definition) is 0. The van der Waals surface area contributed by atoms with E-state index in [2.05, 4.69) is 81.5 Å². The first-order chi connectivity index (χ1) is 33.0. The van der Waals surface area contributed by atoms with E-state index in [0.29, 0.717) is 19.3 Å². The van der Waals surface area contributed by atoms with Gasteiger partial charge in [-0.2, -0.15) is 0 Å². The summed E-state index contributed by atoms with van der Waals surface area (Å²) in [4.78, 5) is 38.1. The Bertz CT molecular complexity index is 1210. The highest BCUT2D eigenvalue weighted by molar-refractivity contribution is 5.71. The van der Waals surface area contributed by atoms with Gasteiger partial charge in [0, 0.05) is 19.3 Å². The van der Waals surface area contributed by atoms with Gasteiger partial charge in [0.1, 0.15) is 13.2 Å². The lowest BCUT2D eigenvalue weighted by atomic mass is 10.0. The summed E-state index contributed by atoms with van der Waals surface area (Å²) in [7, 11) is 0.